The molecule has 2 heterocycles. The van der Waals surface area contributed by atoms with Gasteiger partial charge >= 0.3 is 0 Å². The fourth-order valence-electron chi connectivity index (χ4n) is 3.14. The van der Waals surface area contributed by atoms with Crippen molar-refractivity contribution >= 4 is 17.5 Å². The van der Waals surface area contributed by atoms with Crippen LogP contribution in [0.15, 0.2) is 42.6 Å². The minimum atomic E-state index is -0.0241. The summed E-state index contributed by atoms with van der Waals surface area (Å²) in [5.41, 5.74) is 1.81. The number of benzene rings is 1. The number of rotatable bonds is 5. The van der Waals surface area contributed by atoms with Gasteiger partial charge in [0.25, 0.3) is 5.91 Å². The zero-order valence-electron chi connectivity index (χ0n) is 15.0. The van der Waals surface area contributed by atoms with E-state index >= 15 is 0 Å². The second-order valence-electron chi connectivity index (χ2n) is 6.35. The van der Waals surface area contributed by atoms with Crippen molar-refractivity contribution in [1.29, 1.82) is 0 Å². The van der Waals surface area contributed by atoms with Gasteiger partial charge in [0, 0.05) is 38.9 Å². The van der Waals surface area contributed by atoms with Gasteiger partial charge in [-0.05, 0) is 25.0 Å². The maximum Gasteiger partial charge on any atom is 0.255 e. The molecule has 0 radical (unpaired) electrons. The summed E-state index contributed by atoms with van der Waals surface area (Å²) in [4.78, 5) is 21.3. The molecule has 1 aliphatic heterocycles. The number of halogens is 1. The fraction of sp³-hybridized carbons (Fsp3) is 0.400. The van der Waals surface area contributed by atoms with Crippen LogP contribution in [0.2, 0.25) is 5.02 Å². The fourth-order valence-corrected chi connectivity index (χ4v) is 3.36. The molecule has 0 N–H and O–H groups in total. The lowest BCUT2D eigenvalue weighted by Gasteiger charge is -2.22. The van der Waals surface area contributed by atoms with E-state index in [2.05, 4.69) is 34.1 Å². The number of nitrogens with zero attached hydrogens (tertiary/aromatic N) is 3. The third-order valence-electron chi connectivity index (χ3n) is 4.46. The molecule has 0 spiro atoms. The highest BCUT2D eigenvalue weighted by atomic mass is 35.5. The number of amides is 1. The molecule has 1 aromatic heterocycles. The van der Waals surface area contributed by atoms with E-state index in [0.717, 1.165) is 32.6 Å². The van der Waals surface area contributed by atoms with Gasteiger partial charge in [-0.3, -0.25) is 9.69 Å². The summed E-state index contributed by atoms with van der Waals surface area (Å²) in [6, 6.07) is 12.1. The molecule has 1 fully saturated rings. The Labute approximate surface area is 159 Å². The first-order valence-corrected chi connectivity index (χ1v) is 9.39. The Kier molecular flexibility index (Phi) is 6.47. The van der Waals surface area contributed by atoms with Crippen LogP contribution in [0.5, 0.6) is 5.88 Å². The van der Waals surface area contributed by atoms with E-state index in [9.17, 15) is 4.79 Å². The first kappa shape index (κ1) is 18.7. The van der Waals surface area contributed by atoms with Gasteiger partial charge < -0.3 is 9.64 Å². The summed E-state index contributed by atoms with van der Waals surface area (Å²) >= 11 is 6.17. The third-order valence-corrected chi connectivity index (χ3v) is 4.73. The number of hydrogen-bond donors (Lipinski definition) is 0. The van der Waals surface area contributed by atoms with Crippen molar-refractivity contribution in [3.8, 4) is 5.88 Å². The molecule has 6 heteroatoms. The molecule has 0 atom stereocenters. The van der Waals surface area contributed by atoms with Crippen LogP contribution in [0.4, 0.5) is 0 Å². The first-order chi connectivity index (χ1) is 12.7. The molecular weight excluding hydrogens is 350 g/mol. The van der Waals surface area contributed by atoms with Crippen LogP contribution in [0.25, 0.3) is 0 Å². The normalized spacial score (nSPS) is 15.5. The van der Waals surface area contributed by atoms with Crippen molar-refractivity contribution < 1.29 is 9.53 Å². The number of ether oxygens (including phenoxy) is 1. The van der Waals surface area contributed by atoms with E-state index in [1.54, 1.807) is 12.3 Å². The molecule has 1 aliphatic rings. The molecule has 3 rings (SSSR count). The van der Waals surface area contributed by atoms with E-state index in [4.69, 9.17) is 16.3 Å². The highest BCUT2D eigenvalue weighted by molar-refractivity contribution is 6.32. The van der Waals surface area contributed by atoms with Crippen LogP contribution in [-0.4, -0.2) is 53.5 Å². The zero-order chi connectivity index (χ0) is 18.4. The van der Waals surface area contributed by atoms with Gasteiger partial charge in [0.15, 0.2) is 0 Å². The van der Waals surface area contributed by atoms with Gasteiger partial charge in [0.1, 0.15) is 5.02 Å². The summed E-state index contributed by atoms with van der Waals surface area (Å²) < 4.78 is 5.33. The summed E-state index contributed by atoms with van der Waals surface area (Å²) in [7, 11) is 0. The molecular formula is C20H24ClN3O2. The first-order valence-electron chi connectivity index (χ1n) is 9.01. The van der Waals surface area contributed by atoms with Crippen molar-refractivity contribution in [3.05, 3.63) is 58.7 Å². The predicted octanol–water partition coefficient (Wildman–Crippen LogP) is 3.48. The second-order valence-corrected chi connectivity index (χ2v) is 6.76. The molecule has 0 aliphatic carbocycles. The number of hydrogen-bond acceptors (Lipinski definition) is 4. The van der Waals surface area contributed by atoms with Crippen LogP contribution < -0.4 is 4.74 Å². The molecule has 0 saturated carbocycles. The van der Waals surface area contributed by atoms with Gasteiger partial charge in [-0.25, -0.2) is 4.98 Å². The Morgan fingerprint density at radius 2 is 2.00 bits per heavy atom. The Hall–Kier alpha value is -2.11. The number of aromatic nitrogens is 1. The zero-order valence-corrected chi connectivity index (χ0v) is 15.8. The Balaban J connectivity index is 1.61. The Bertz CT molecular complexity index is 739. The second kappa shape index (κ2) is 9.01. The molecule has 5 nitrogen and oxygen atoms in total. The minimum Gasteiger partial charge on any atom is -0.477 e. The van der Waals surface area contributed by atoms with Crippen LogP contribution in [-0.2, 0) is 6.54 Å². The lowest BCUT2D eigenvalue weighted by atomic mass is 10.2. The number of carbonyl (C=O) groups excluding carboxylic acids is 1. The lowest BCUT2D eigenvalue weighted by Crippen LogP contribution is -2.35. The molecule has 0 unspecified atom stereocenters. The number of carbonyl (C=O) groups is 1. The maximum atomic E-state index is 12.8. The molecule has 2 aromatic rings. The minimum absolute atomic E-state index is 0.0241. The highest BCUT2D eigenvalue weighted by Gasteiger charge is 2.21. The predicted molar refractivity (Wildman–Crippen MR) is 103 cm³/mol. The van der Waals surface area contributed by atoms with Gasteiger partial charge in [-0.15, -0.1) is 0 Å². The quantitative estimate of drug-likeness (QED) is 0.805. The topological polar surface area (TPSA) is 45.7 Å². The van der Waals surface area contributed by atoms with E-state index < -0.39 is 0 Å². The summed E-state index contributed by atoms with van der Waals surface area (Å²) in [5.74, 6) is 0.347. The monoisotopic (exact) mass is 373 g/mol. The average Bonchev–Trinajstić information content (AvgIpc) is 2.89. The van der Waals surface area contributed by atoms with Crippen LogP contribution in [0.3, 0.4) is 0 Å². The van der Waals surface area contributed by atoms with E-state index in [0.29, 0.717) is 29.6 Å². The molecule has 1 amide bonds. The summed E-state index contributed by atoms with van der Waals surface area (Å²) in [6.45, 7) is 6.57. The molecule has 26 heavy (non-hydrogen) atoms. The van der Waals surface area contributed by atoms with E-state index in [1.807, 2.05) is 17.9 Å². The summed E-state index contributed by atoms with van der Waals surface area (Å²) in [5, 5.41) is 0.373. The van der Waals surface area contributed by atoms with Gasteiger partial charge in [-0.1, -0.05) is 41.9 Å². The Morgan fingerprint density at radius 1 is 1.19 bits per heavy atom. The smallest absolute Gasteiger partial charge is 0.255 e. The highest BCUT2D eigenvalue weighted by Crippen LogP contribution is 2.23. The van der Waals surface area contributed by atoms with Crippen molar-refractivity contribution in [3.63, 3.8) is 0 Å². The number of pyridine rings is 1. The standard InChI is InChI=1S/C20H24ClN3O2/c1-2-26-19-18(21)13-17(14-22-19)20(25)24-10-6-9-23(11-12-24)15-16-7-4-3-5-8-16/h3-5,7-8,13-14H,2,6,9-12,15H2,1H3. The average molecular weight is 374 g/mol. The Morgan fingerprint density at radius 3 is 2.73 bits per heavy atom. The lowest BCUT2D eigenvalue weighted by molar-refractivity contribution is 0.0760. The van der Waals surface area contributed by atoms with Crippen molar-refractivity contribution in [2.75, 3.05) is 32.8 Å². The third kappa shape index (κ3) is 4.74. The van der Waals surface area contributed by atoms with Crippen LogP contribution in [0, 0.1) is 0 Å². The molecule has 138 valence electrons. The van der Waals surface area contributed by atoms with Crippen molar-refractivity contribution in [2.24, 2.45) is 0 Å². The van der Waals surface area contributed by atoms with Gasteiger partial charge in [0.05, 0.1) is 12.2 Å². The van der Waals surface area contributed by atoms with Gasteiger partial charge in [0.2, 0.25) is 5.88 Å². The largest absolute Gasteiger partial charge is 0.477 e. The van der Waals surface area contributed by atoms with Crippen LogP contribution in [0.1, 0.15) is 29.3 Å². The van der Waals surface area contributed by atoms with Gasteiger partial charge in [-0.2, -0.15) is 0 Å². The van der Waals surface area contributed by atoms with E-state index in [-0.39, 0.29) is 5.91 Å². The molecule has 0 bridgehead atoms. The maximum absolute atomic E-state index is 12.8. The summed E-state index contributed by atoms with van der Waals surface area (Å²) in [6.07, 6.45) is 2.50. The molecule has 1 saturated heterocycles. The molecule has 1 aromatic carbocycles. The van der Waals surface area contributed by atoms with Crippen molar-refractivity contribution in [2.45, 2.75) is 19.9 Å². The van der Waals surface area contributed by atoms with Crippen molar-refractivity contribution in [1.82, 2.24) is 14.8 Å². The van der Waals surface area contributed by atoms with Crippen LogP contribution >= 0.6 is 11.6 Å². The SMILES string of the molecule is CCOc1ncc(C(=O)N2CCCN(Cc3ccccc3)CC2)cc1Cl. The van der Waals surface area contributed by atoms with E-state index in [1.165, 1.54) is 5.56 Å².